The number of hydrogen-bond donors (Lipinski definition) is 0. The van der Waals surface area contributed by atoms with Crippen LogP contribution in [0, 0.1) is 0 Å². The number of thiazole rings is 1. The zero-order valence-corrected chi connectivity index (χ0v) is 17.2. The number of rotatable bonds is 5. The summed E-state index contributed by atoms with van der Waals surface area (Å²) in [6.07, 6.45) is 5.27. The van der Waals surface area contributed by atoms with E-state index < -0.39 is 5.97 Å². The monoisotopic (exact) mass is 426 g/mol. The molecular weight excluding hydrogens is 407 g/mol. The Kier molecular flexibility index (Phi) is 6.73. The van der Waals surface area contributed by atoms with E-state index in [1.807, 2.05) is 4.90 Å². The molecule has 1 amide bonds. The fourth-order valence-corrected chi connectivity index (χ4v) is 4.56. The molecule has 1 heterocycles. The minimum Gasteiger partial charge on any atom is -0.464 e. The number of carbonyl (C=O) groups is 2. The van der Waals surface area contributed by atoms with Crippen molar-refractivity contribution >= 4 is 46.4 Å². The largest absolute Gasteiger partial charge is 0.464 e. The molecule has 1 aromatic heterocycles. The molecule has 1 aliphatic carbocycles. The van der Waals surface area contributed by atoms with Crippen LogP contribution < -0.4 is 0 Å². The number of halogens is 2. The standard InChI is InChI=1S/C19H20Cl2N2O3S/c1-26-19(25)16-11-27-17(22-16)10-23(13-5-3-2-4-6-13)18(24)14-8-7-12(20)9-15(14)21/h7-9,11,13H,2-6,10H2,1H3. The van der Waals surface area contributed by atoms with Crippen molar-refractivity contribution in [3.05, 3.63) is 49.9 Å². The molecule has 0 aliphatic heterocycles. The van der Waals surface area contributed by atoms with Crippen molar-refractivity contribution in [2.45, 2.75) is 44.7 Å². The van der Waals surface area contributed by atoms with E-state index in [2.05, 4.69) is 4.98 Å². The first-order valence-corrected chi connectivity index (χ1v) is 10.4. The van der Waals surface area contributed by atoms with E-state index in [1.165, 1.54) is 24.9 Å². The smallest absolute Gasteiger partial charge is 0.357 e. The number of hydrogen-bond acceptors (Lipinski definition) is 5. The number of amides is 1. The average molecular weight is 427 g/mol. The van der Waals surface area contributed by atoms with Crippen molar-refractivity contribution in [3.63, 3.8) is 0 Å². The van der Waals surface area contributed by atoms with Gasteiger partial charge >= 0.3 is 5.97 Å². The lowest BCUT2D eigenvalue weighted by Crippen LogP contribution is -2.41. The van der Waals surface area contributed by atoms with Gasteiger partial charge in [0.15, 0.2) is 5.69 Å². The predicted molar refractivity (Wildman–Crippen MR) is 107 cm³/mol. The van der Waals surface area contributed by atoms with Crippen molar-refractivity contribution < 1.29 is 14.3 Å². The maximum absolute atomic E-state index is 13.3. The Morgan fingerprint density at radius 1 is 1.26 bits per heavy atom. The molecule has 0 bridgehead atoms. The molecule has 0 atom stereocenters. The van der Waals surface area contributed by atoms with Crippen molar-refractivity contribution in [2.75, 3.05) is 7.11 Å². The summed E-state index contributed by atoms with van der Waals surface area (Å²) in [4.78, 5) is 31.1. The van der Waals surface area contributed by atoms with Gasteiger partial charge < -0.3 is 9.64 Å². The van der Waals surface area contributed by atoms with Crippen LogP contribution in [0.5, 0.6) is 0 Å². The lowest BCUT2D eigenvalue weighted by atomic mass is 9.93. The summed E-state index contributed by atoms with van der Waals surface area (Å²) in [6.45, 7) is 0.337. The average Bonchev–Trinajstić information content (AvgIpc) is 3.14. The first-order chi connectivity index (χ1) is 13.0. The Morgan fingerprint density at radius 2 is 2.00 bits per heavy atom. The van der Waals surface area contributed by atoms with Gasteiger partial charge in [0.05, 0.1) is 24.2 Å². The molecule has 1 fully saturated rings. The van der Waals surface area contributed by atoms with E-state index in [1.54, 1.807) is 23.6 Å². The highest BCUT2D eigenvalue weighted by atomic mass is 35.5. The highest BCUT2D eigenvalue weighted by Gasteiger charge is 2.28. The predicted octanol–water partition coefficient (Wildman–Crippen LogP) is 5.21. The third-order valence-electron chi connectivity index (χ3n) is 4.69. The Balaban J connectivity index is 1.87. The zero-order chi connectivity index (χ0) is 19.4. The van der Waals surface area contributed by atoms with Gasteiger partial charge in [-0.1, -0.05) is 42.5 Å². The first-order valence-electron chi connectivity index (χ1n) is 8.78. The van der Waals surface area contributed by atoms with Crippen molar-refractivity contribution in [3.8, 4) is 0 Å². The number of nitrogens with zero attached hydrogens (tertiary/aromatic N) is 2. The van der Waals surface area contributed by atoms with E-state index in [-0.39, 0.29) is 17.6 Å². The first kappa shape index (κ1) is 20.1. The summed E-state index contributed by atoms with van der Waals surface area (Å²) in [7, 11) is 1.32. The van der Waals surface area contributed by atoms with Gasteiger partial charge in [0.2, 0.25) is 0 Å². The third-order valence-corrected chi connectivity index (χ3v) is 6.07. The molecule has 0 radical (unpaired) electrons. The Bertz CT molecular complexity index is 834. The van der Waals surface area contributed by atoms with E-state index >= 15 is 0 Å². The van der Waals surface area contributed by atoms with Crippen molar-refractivity contribution in [2.24, 2.45) is 0 Å². The maximum Gasteiger partial charge on any atom is 0.357 e. The number of ether oxygens (including phenoxy) is 1. The van der Waals surface area contributed by atoms with E-state index in [0.29, 0.717) is 27.2 Å². The van der Waals surface area contributed by atoms with Gasteiger partial charge in [0, 0.05) is 16.4 Å². The number of aromatic nitrogens is 1. The van der Waals surface area contributed by atoms with Gasteiger partial charge in [-0.15, -0.1) is 11.3 Å². The molecule has 0 saturated heterocycles. The van der Waals surface area contributed by atoms with Gasteiger partial charge in [-0.25, -0.2) is 9.78 Å². The molecule has 8 heteroatoms. The summed E-state index contributed by atoms with van der Waals surface area (Å²) in [5, 5.41) is 3.17. The molecule has 0 spiro atoms. The van der Waals surface area contributed by atoms with Crippen LogP contribution in [0.25, 0.3) is 0 Å². The van der Waals surface area contributed by atoms with Crippen LogP contribution in [0.1, 0.15) is 58.0 Å². The zero-order valence-electron chi connectivity index (χ0n) is 14.9. The molecule has 1 saturated carbocycles. The molecular formula is C19H20Cl2N2O3S. The van der Waals surface area contributed by atoms with Gasteiger partial charge in [-0.2, -0.15) is 0 Å². The van der Waals surface area contributed by atoms with E-state index in [0.717, 1.165) is 25.7 Å². The second-order valence-electron chi connectivity index (χ2n) is 6.47. The van der Waals surface area contributed by atoms with Crippen LogP contribution in [-0.4, -0.2) is 34.9 Å². The number of esters is 1. The third kappa shape index (κ3) is 4.81. The van der Waals surface area contributed by atoms with Crippen LogP contribution >= 0.6 is 34.5 Å². The fourth-order valence-electron chi connectivity index (χ4n) is 3.30. The fraction of sp³-hybridized carbons (Fsp3) is 0.421. The molecule has 144 valence electrons. The molecule has 2 aromatic rings. The lowest BCUT2D eigenvalue weighted by molar-refractivity contribution is 0.0594. The molecule has 0 unspecified atom stereocenters. The molecule has 1 aromatic carbocycles. The number of carbonyl (C=O) groups excluding carboxylic acids is 2. The van der Waals surface area contributed by atoms with Crippen LogP contribution in [0.15, 0.2) is 23.6 Å². The number of benzene rings is 1. The van der Waals surface area contributed by atoms with Crippen LogP contribution in [0.2, 0.25) is 10.0 Å². The Morgan fingerprint density at radius 3 is 2.67 bits per heavy atom. The highest BCUT2D eigenvalue weighted by Crippen LogP contribution is 2.29. The normalized spacial score (nSPS) is 14.8. The summed E-state index contributed by atoms with van der Waals surface area (Å²) in [5.41, 5.74) is 0.689. The molecule has 5 nitrogen and oxygen atoms in total. The summed E-state index contributed by atoms with van der Waals surface area (Å²) in [5.74, 6) is -0.618. The van der Waals surface area contributed by atoms with Gasteiger partial charge in [0.1, 0.15) is 5.01 Å². The Labute approximate surface area is 172 Å². The van der Waals surface area contributed by atoms with Crippen LogP contribution in [0.3, 0.4) is 0 Å². The molecule has 1 aliphatic rings. The van der Waals surface area contributed by atoms with E-state index in [9.17, 15) is 9.59 Å². The topological polar surface area (TPSA) is 59.5 Å². The van der Waals surface area contributed by atoms with Gasteiger partial charge in [-0.3, -0.25) is 4.79 Å². The van der Waals surface area contributed by atoms with Crippen LogP contribution in [0.4, 0.5) is 0 Å². The van der Waals surface area contributed by atoms with Gasteiger partial charge in [0.25, 0.3) is 5.91 Å². The minimum absolute atomic E-state index is 0.128. The molecule has 0 N–H and O–H groups in total. The molecule has 3 rings (SSSR count). The highest BCUT2D eigenvalue weighted by molar-refractivity contribution is 7.09. The van der Waals surface area contributed by atoms with Crippen molar-refractivity contribution in [1.29, 1.82) is 0 Å². The summed E-state index contributed by atoms with van der Waals surface area (Å²) < 4.78 is 4.71. The quantitative estimate of drug-likeness (QED) is 0.615. The number of methoxy groups -OCH3 is 1. The van der Waals surface area contributed by atoms with Crippen molar-refractivity contribution in [1.82, 2.24) is 9.88 Å². The maximum atomic E-state index is 13.3. The van der Waals surface area contributed by atoms with E-state index in [4.69, 9.17) is 27.9 Å². The summed E-state index contributed by atoms with van der Waals surface area (Å²) in [6, 6.07) is 5.03. The second kappa shape index (κ2) is 9.04. The summed E-state index contributed by atoms with van der Waals surface area (Å²) >= 11 is 13.6. The van der Waals surface area contributed by atoms with Crippen LogP contribution in [-0.2, 0) is 11.3 Å². The molecule has 27 heavy (non-hydrogen) atoms. The lowest BCUT2D eigenvalue weighted by Gasteiger charge is -2.34. The van der Waals surface area contributed by atoms with Gasteiger partial charge in [-0.05, 0) is 31.0 Å². The second-order valence-corrected chi connectivity index (χ2v) is 8.25. The SMILES string of the molecule is COC(=O)c1csc(CN(C(=O)c2ccc(Cl)cc2Cl)C2CCCCC2)n1. The Hall–Kier alpha value is -1.63. The minimum atomic E-state index is -0.478.